The van der Waals surface area contributed by atoms with Crippen LogP contribution in [0, 0.1) is 5.41 Å². The van der Waals surface area contributed by atoms with E-state index in [1.165, 1.54) is 0 Å². The predicted molar refractivity (Wildman–Crippen MR) is 167 cm³/mol. The maximum atomic E-state index is 13.8. The zero-order chi connectivity index (χ0) is 28.2. The van der Waals surface area contributed by atoms with E-state index in [0.29, 0.717) is 28.0 Å². The number of nitrogens with one attached hydrogen (secondary N) is 1. The number of Topliss-reactive ketones (excluding diaryl/α,β-unsaturated/α-hetero) is 1. The van der Waals surface area contributed by atoms with Crippen molar-refractivity contribution in [2.45, 2.75) is 39.3 Å². The van der Waals surface area contributed by atoms with E-state index in [2.05, 4.69) is 65.4 Å². The second-order valence-electron chi connectivity index (χ2n) is 11.2. The number of allylic oxidation sites excluding steroid dienone is 1. The molecule has 204 valence electrons. The van der Waals surface area contributed by atoms with E-state index in [0.717, 1.165) is 55.2 Å². The molecule has 2 aliphatic rings. The lowest BCUT2D eigenvalue weighted by Crippen LogP contribution is -2.33. The van der Waals surface area contributed by atoms with Gasteiger partial charge in [-0.15, -0.1) is 0 Å². The first kappa shape index (κ1) is 27.2. The number of benzene rings is 4. The zero-order valence-corrected chi connectivity index (χ0v) is 25.5. The number of anilines is 1. The molecule has 0 fully saturated rings. The summed E-state index contributed by atoms with van der Waals surface area (Å²) in [6.07, 6.45) is 1.33. The zero-order valence-electron chi connectivity index (χ0n) is 22.4. The van der Waals surface area contributed by atoms with Crippen molar-refractivity contribution in [3.63, 3.8) is 0 Å². The van der Waals surface area contributed by atoms with Crippen molar-refractivity contribution in [2.24, 2.45) is 5.41 Å². The average Bonchev–Trinajstić information content (AvgIpc) is 2.91. The highest BCUT2D eigenvalue weighted by atomic mass is 79.9. The van der Waals surface area contributed by atoms with Crippen molar-refractivity contribution in [1.29, 1.82) is 0 Å². The number of ketones is 1. The smallest absolute Gasteiger partial charge is 0.175 e. The van der Waals surface area contributed by atoms with Gasteiger partial charge in [0.15, 0.2) is 17.3 Å². The molecule has 4 aromatic rings. The molecule has 0 spiro atoms. The predicted octanol–water partition coefficient (Wildman–Crippen LogP) is 9.81. The van der Waals surface area contributed by atoms with E-state index >= 15 is 0 Å². The molecule has 1 atom stereocenters. The van der Waals surface area contributed by atoms with Crippen LogP contribution in [0.2, 0.25) is 10.0 Å². The van der Waals surface area contributed by atoms with E-state index in [1.807, 2.05) is 24.3 Å². The standard InChI is InChI=1S/C33H28BrCl2NO3/c1-33(2)15-23-29-22-7-5-4-6-18(22)9-11-26(29)37-31(30(23)27(38)16-33)20-12-24(34)32(28(13-20)39-3)40-17-19-8-10-21(35)14-25(19)36/h4-14,31,37H,15-17H2,1-3H3/t31-/m1/s1. The van der Waals surface area contributed by atoms with Crippen LogP contribution in [0.25, 0.3) is 16.3 Å². The minimum atomic E-state index is -0.322. The Balaban J connectivity index is 1.44. The number of carbonyl (C=O) groups is 1. The quantitative estimate of drug-likeness (QED) is 0.237. The van der Waals surface area contributed by atoms with Gasteiger partial charge < -0.3 is 14.8 Å². The Labute approximate surface area is 252 Å². The van der Waals surface area contributed by atoms with Gasteiger partial charge in [-0.3, -0.25) is 4.79 Å². The van der Waals surface area contributed by atoms with E-state index in [9.17, 15) is 4.79 Å². The van der Waals surface area contributed by atoms with Crippen LogP contribution in [0.1, 0.15) is 49.4 Å². The summed E-state index contributed by atoms with van der Waals surface area (Å²) in [5.41, 5.74) is 5.73. The number of hydrogen-bond donors (Lipinski definition) is 1. The van der Waals surface area contributed by atoms with Crippen molar-refractivity contribution in [3.8, 4) is 11.5 Å². The highest BCUT2D eigenvalue weighted by Crippen LogP contribution is 2.53. The van der Waals surface area contributed by atoms with Crippen LogP contribution in [0.3, 0.4) is 0 Å². The summed E-state index contributed by atoms with van der Waals surface area (Å²) < 4.78 is 12.7. The molecule has 1 heterocycles. The first-order valence-electron chi connectivity index (χ1n) is 13.1. The molecule has 1 N–H and O–H groups in total. The molecule has 4 aromatic carbocycles. The van der Waals surface area contributed by atoms with Crippen LogP contribution in [0.4, 0.5) is 5.69 Å². The van der Waals surface area contributed by atoms with E-state index in [1.54, 1.807) is 19.2 Å². The third kappa shape index (κ3) is 4.89. The Morgan fingerprint density at radius 1 is 1.02 bits per heavy atom. The fraction of sp³-hybridized carbons (Fsp3) is 0.242. The van der Waals surface area contributed by atoms with Crippen LogP contribution < -0.4 is 14.8 Å². The number of halogens is 3. The fourth-order valence-electron chi connectivity index (χ4n) is 5.92. The Morgan fingerprint density at radius 3 is 2.60 bits per heavy atom. The van der Waals surface area contributed by atoms with Crippen molar-refractivity contribution in [1.82, 2.24) is 0 Å². The summed E-state index contributed by atoms with van der Waals surface area (Å²) in [6, 6.07) is 21.6. The number of ether oxygens (including phenoxy) is 2. The summed E-state index contributed by atoms with van der Waals surface area (Å²) in [5.74, 6) is 1.30. The molecule has 0 saturated heterocycles. The molecule has 7 heteroatoms. The van der Waals surface area contributed by atoms with Gasteiger partial charge in [0.2, 0.25) is 0 Å². The van der Waals surface area contributed by atoms with Gasteiger partial charge in [0.05, 0.1) is 17.6 Å². The largest absolute Gasteiger partial charge is 0.493 e. The van der Waals surface area contributed by atoms with Gasteiger partial charge >= 0.3 is 0 Å². The van der Waals surface area contributed by atoms with Gasteiger partial charge in [-0.05, 0) is 80.0 Å². The third-order valence-corrected chi connectivity index (χ3v) is 8.89. The van der Waals surface area contributed by atoms with Gasteiger partial charge in [-0.1, -0.05) is 73.4 Å². The Morgan fingerprint density at radius 2 is 1.82 bits per heavy atom. The molecule has 0 saturated carbocycles. The summed E-state index contributed by atoms with van der Waals surface area (Å²) in [5, 5.41) is 7.13. The SMILES string of the molecule is COc1cc([C@H]2Nc3ccc4ccccc4c3C3=C2C(=O)CC(C)(C)C3)cc(Br)c1OCc1ccc(Cl)cc1Cl. The Kier molecular flexibility index (Phi) is 7.10. The fourth-order valence-corrected chi connectivity index (χ4v) is 6.96. The molecule has 0 aromatic heterocycles. The third-order valence-electron chi connectivity index (χ3n) is 7.71. The summed E-state index contributed by atoms with van der Waals surface area (Å²) in [6.45, 7) is 4.60. The first-order chi connectivity index (χ1) is 19.1. The topological polar surface area (TPSA) is 47.6 Å². The highest BCUT2D eigenvalue weighted by molar-refractivity contribution is 9.10. The number of rotatable bonds is 5. The highest BCUT2D eigenvalue weighted by Gasteiger charge is 2.41. The van der Waals surface area contributed by atoms with Crippen molar-refractivity contribution >= 4 is 66.9 Å². The van der Waals surface area contributed by atoms with Gasteiger partial charge in [-0.2, -0.15) is 0 Å². The van der Waals surface area contributed by atoms with Crippen LogP contribution in [-0.2, 0) is 11.4 Å². The minimum absolute atomic E-state index is 0.120. The Hall–Kier alpha value is -2.99. The van der Waals surface area contributed by atoms with E-state index in [-0.39, 0.29) is 23.8 Å². The molecule has 1 aliphatic heterocycles. The van der Waals surface area contributed by atoms with Crippen molar-refractivity contribution in [2.75, 3.05) is 12.4 Å². The molecular formula is C33H28BrCl2NO3. The van der Waals surface area contributed by atoms with Crippen LogP contribution in [0.15, 0.2) is 76.8 Å². The van der Waals surface area contributed by atoms with Gasteiger partial charge in [0.1, 0.15) is 6.61 Å². The van der Waals surface area contributed by atoms with Crippen LogP contribution in [0.5, 0.6) is 11.5 Å². The summed E-state index contributed by atoms with van der Waals surface area (Å²) in [7, 11) is 1.61. The maximum Gasteiger partial charge on any atom is 0.175 e. The molecule has 0 unspecified atom stereocenters. The molecule has 4 nitrogen and oxygen atoms in total. The van der Waals surface area contributed by atoms with E-state index in [4.69, 9.17) is 32.7 Å². The molecule has 0 amide bonds. The molecule has 6 rings (SSSR count). The molecular weight excluding hydrogens is 609 g/mol. The van der Waals surface area contributed by atoms with Crippen LogP contribution in [-0.4, -0.2) is 12.9 Å². The number of carbonyl (C=O) groups excluding carboxylic acids is 1. The van der Waals surface area contributed by atoms with Crippen molar-refractivity contribution in [3.05, 3.63) is 104 Å². The lowest BCUT2D eigenvalue weighted by molar-refractivity contribution is -0.118. The molecule has 1 aliphatic carbocycles. The first-order valence-corrected chi connectivity index (χ1v) is 14.7. The molecule has 0 bridgehead atoms. The number of fused-ring (bicyclic) bond motifs is 4. The monoisotopic (exact) mass is 635 g/mol. The lowest BCUT2D eigenvalue weighted by Gasteiger charge is -2.40. The second-order valence-corrected chi connectivity index (χ2v) is 12.9. The molecule has 0 radical (unpaired) electrons. The number of hydrogen-bond acceptors (Lipinski definition) is 4. The Bertz CT molecular complexity index is 1710. The second kappa shape index (κ2) is 10.4. The lowest BCUT2D eigenvalue weighted by atomic mass is 9.68. The normalized spacial score (nSPS) is 17.8. The van der Waals surface area contributed by atoms with E-state index < -0.39 is 0 Å². The average molecular weight is 637 g/mol. The summed E-state index contributed by atoms with van der Waals surface area (Å²) in [4.78, 5) is 13.8. The van der Waals surface area contributed by atoms with Gasteiger partial charge in [0.25, 0.3) is 0 Å². The maximum absolute atomic E-state index is 13.8. The molecule has 40 heavy (non-hydrogen) atoms. The van der Waals surface area contributed by atoms with Gasteiger partial charge in [-0.25, -0.2) is 0 Å². The van der Waals surface area contributed by atoms with Crippen molar-refractivity contribution < 1.29 is 14.3 Å². The summed E-state index contributed by atoms with van der Waals surface area (Å²) >= 11 is 16.1. The van der Waals surface area contributed by atoms with Crippen LogP contribution >= 0.6 is 39.1 Å². The number of methoxy groups -OCH3 is 1. The van der Waals surface area contributed by atoms with Gasteiger partial charge in [0, 0.05) is 38.9 Å². The minimum Gasteiger partial charge on any atom is -0.493 e.